The summed E-state index contributed by atoms with van der Waals surface area (Å²) in [5, 5.41) is 3.55. The zero-order valence-corrected chi connectivity index (χ0v) is 11.7. The molecule has 0 aromatic carbocycles. The molecule has 0 aliphatic carbocycles. The van der Waals surface area contributed by atoms with Gasteiger partial charge in [0.05, 0.1) is 6.61 Å². The van der Waals surface area contributed by atoms with Gasteiger partial charge in [-0.05, 0) is 25.3 Å². The van der Waals surface area contributed by atoms with Gasteiger partial charge in [0, 0.05) is 13.2 Å². The zero-order chi connectivity index (χ0) is 12.2. The average Bonchev–Trinajstić information content (AvgIpc) is 2.26. The fourth-order valence-corrected chi connectivity index (χ4v) is 1.86. The summed E-state index contributed by atoms with van der Waals surface area (Å²) in [5.41, 5.74) is 0. The molecule has 0 saturated carbocycles. The number of methoxy groups -OCH3 is 1. The van der Waals surface area contributed by atoms with E-state index in [2.05, 4.69) is 26.1 Å². The van der Waals surface area contributed by atoms with E-state index in [0.717, 1.165) is 25.5 Å². The smallest absolute Gasteiger partial charge is 0.0615 e. The summed E-state index contributed by atoms with van der Waals surface area (Å²) in [5.74, 6) is 0.865. The van der Waals surface area contributed by atoms with Crippen LogP contribution in [0.15, 0.2) is 0 Å². The van der Waals surface area contributed by atoms with Crippen LogP contribution in [0.5, 0.6) is 0 Å². The number of ether oxygens (including phenoxy) is 1. The molecule has 0 radical (unpaired) electrons. The third-order valence-electron chi connectivity index (χ3n) is 3.00. The molecule has 16 heavy (non-hydrogen) atoms. The van der Waals surface area contributed by atoms with Gasteiger partial charge in [-0.15, -0.1) is 0 Å². The Kier molecular flexibility index (Phi) is 11.3. The van der Waals surface area contributed by atoms with Crippen molar-refractivity contribution in [2.24, 2.45) is 5.92 Å². The maximum Gasteiger partial charge on any atom is 0.0615 e. The Bertz CT molecular complexity index is 137. The summed E-state index contributed by atoms with van der Waals surface area (Å²) < 4.78 is 5.15. The largest absolute Gasteiger partial charge is 0.383 e. The average molecular weight is 229 g/mol. The van der Waals surface area contributed by atoms with Gasteiger partial charge in [0.2, 0.25) is 0 Å². The Morgan fingerprint density at radius 1 is 1.06 bits per heavy atom. The van der Waals surface area contributed by atoms with E-state index in [4.69, 9.17) is 4.74 Å². The van der Waals surface area contributed by atoms with Crippen LogP contribution in [-0.4, -0.2) is 26.3 Å². The van der Waals surface area contributed by atoms with Crippen molar-refractivity contribution in [3.05, 3.63) is 0 Å². The van der Waals surface area contributed by atoms with Gasteiger partial charge in [-0.3, -0.25) is 0 Å². The van der Waals surface area contributed by atoms with E-state index in [9.17, 15) is 0 Å². The van der Waals surface area contributed by atoms with Crippen LogP contribution in [0, 0.1) is 5.92 Å². The summed E-state index contributed by atoms with van der Waals surface area (Å²) in [6, 6.07) is 0.542. The molecule has 0 amide bonds. The van der Waals surface area contributed by atoms with Crippen LogP contribution in [0.3, 0.4) is 0 Å². The van der Waals surface area contributed by atoms with Crippen LogP contribution in [0.1, 0.15) is 59.3 Å². The van der Waals surface area contributed by atoms with E-state index in [1.165, 1.54) is 32.1 Å². The summed E-state index contributed by atoms with van der Waals surface area (Å²) >= 11 is 0. The highest BCUT2D eigenvalue weighted by atomic mass is 16.5. The number of unbranched alkanes of at least 4 members (excludes halogenated alkanes) is 3. The Balaban J connectivity index is 3.19. The van der Waals surface area contributed by atoms with Crippen LogP contribution in [0.4, 0.5) is 0 Å². The van der Waals surface area contributed by atoms with Crippen molar-refractivity contribution in [3.8, 4) is 0 Å². The minimum Gasteiger partial charge on any atom is -0.383 e. The lowest BCUT2D eigenvalue weighted by Gasteiger charge is -2.15. The quantitative estimate of drug-likeness (QED) is 0.547. The van der Waals surface area contributed by atoms with Crippen molar-refractivity contribution in [3.63, 3.8) is 0 Å². The lowest BCUT2D eigenvalue weighted by atomic mass is 10.0. The number of rotatable bonds is 11. The van der Waals surface area contributed by atoms with E-state index >= 15 is 0 Å². The molecule has 98 valence electrons. The van der Waals surface area contributed by atoms with Gasteiger partial charge in [-0.2, -0.15) is 0 Å². The monoisotopic (exact) mass is 229 g/mol. The molecule has 0 aromatic rings. The van der Waals surface area contributed by atoms with Gasteiger partial charge in [0.15, 0.2) is 0 Å². The highest BCUT2D eigenvalue weighted by Gasteiger charge is 2.03. The molecular formula is C14H31NO. The molecule has 0 aromatic heterocycles. The molecule has 2 heteroatoms. The highest BCUT2D eigenvalue weighted by Crippen LogP contribution is 2.09. The number of hydrogen-bond donors (Lipinski definition) is 1. The molecule has 0 rings (SSSR count). The summed E-state index contributed by atoms with van der Waals surface area (Å²) in [6.45, 7) is 8.79. The molecule has 0 aliphatic rings. The Labute approximate surface area is 102 Å². The van der Waals surface area contributed by atoms with Crippen LogP contribution in [-0.2, 0) is 4.74 Å². The number of nitrogens with one attached hydrogen (secondary N) is 1. The molecule has 0 bridgehead atoms. The van der Waals surface area contributed by atoms with Gasteiger partial charge in [-0.25, -0.2) is 0 Å². The van der Waals surface area contributed by atoms with Crippen molar-refractivity contribution >= 4 is 0 Å². The topological polar surface area (TPSA) is 21.3 Å². The lowest BCUT2D eigenvalue weighted by molar-refractivity contribution is 0.164. The molecular weight excluding hydrogens is 198 g/mol. The van der Waals surface area contributed by atoms with Crippen molar-refractivity contribution in [1.82, 2.24) is 5.32 Å². The lowest BCUT2D eigenvalue weighted by Crippen LogP contribution is -2.33. The van der Waals surface area contributed by atoms with Crippen molar-refractivity contribution < 1.29 is 4.74 Å². The highest BCUT2D eigenvalue weighted by molar-refractivity contribution is 4.63. The van der Waals surface area contributed by atoms with E-state index in [0.29, 0.717) is 6.04 Å². The van der Waals surface area contributed by atoms with Gasteiger partial charge in [-0.1, -0.05) is 46.5 Å². The van der Waals surface area contributed by atoms with Crippen molar-refractivity contribution in [1.29, 1.82) is 0 Å². The second-order valence-electron chi connectivity index (χ2n) is 5.11. The van der Waals surface area contributed by atoms with E-state index in [-0.39, 0.29) is 0 Å². The van der Waals surface area contributed by atoms with Gasteiger partial charge in [0.25, 0.3) is 0 Å². The maximum atomic E-state index is 5.15. The molecule has 0 spiro atoms. The van der Waals surface area contributed by atoms with Crippen LogP contribution >= 0.6 is 0 Å². The zero-order valence-electron chi connectivity index (χ0n) is 11.7. The van der Waals surface area contributed by atoms with Gasteiger partial charge >= 0.3 is 0 Å². The molecule has 1 atom stereocenters. The van der Waals surface area contributed by atoms with Crippen molar-refractivity contribution in [2.75, 3.05) is 20.3 Å². The predicted molar refractivity (Wildman–Crippen MR) is 71.9 cm³/mol. The Hall–Kier alpha value is -0.0800. The molecule has 0 saturated heterocycles. The molecule has 0 heterocycles. The van der Waals surface area contributed by atoms with E-state index < -0.39 is 0 Å². The third kappa shape index (κ3) is 10.4. The minimum atomic E-state index is 0.542. The Morgan fingerprint density at radius 3 is 2.31 bits per heavy atom. The first kappa shape index (κ1) is 15.9. The molecule has 1 unspecified atom stereocenters. The molecule has 0 aliphatic heterocycles. The van der Waals surface area contributed by atoms with Gasteiger partial charge < -0.3 is 10.1 Å². The summed E-state index contributed by atoms with van der Waals surface area (Å²) in [7, 11) is 1.77. The van der Waals surface area contributed by atoms with Crippen LogP contribution in [0.25, 0.3) is 0 Å². The maximum absolute atomic E-state index is 5.15. The first-order valence-electron chi connectivity index (χ1n) is 6.93. The third-order valence-corrected chi connectivity index (χ3v) is 3.00. The SMILES string of the molecule is CCC(COC)NCCCCCCC(C)C. The van der Waals surface area contributed by atoms with Crippen molar-refractivity contribution in [2.45, 2.75) is 65.3 Å². The number of hydrogen-bond acceptors (Lipinski definition) is 2. The van der Waals surface area contributed by atoms with Crippen LogP contribution in [0.2, 0.25) is 0 Å². The standard InChI is InChI=1S/C14H31NO/c1-5-14(12-16-4)15-11-9-7-6-8-10-13(2)3/h13-15H,5-12H2,1-4H3. The van der Waals surface area contributed by atoms with Crippen LogP contribution < -0.4 is 5.32 Å². The normalized spacial score (nSPS) is 13.3. The summed E-state index contributed by atoms with van der Waals surface area (Å²) in [4.78, 5) is 0. The molecule has 2 nitrogen and oxygen atoms in total. The molecule has 0 fully saturated rings. The van der Waals surface area contributed by atoms with Gasteiger partial charge in [0.1, 0.15) is 0 Å². The predicted octanol–water partition coefficient (Wildman–Crippen LogP) is 3.61. The van der Waals surface area contributed by atoms with E-state index in [1.807, 2.05) is 0 Å². The summed E-state index contributed by atoms with van der Waals surface area (Å²) in [6.07, 6.45) is 7.99. The fourth-order valence-electron chi connectivity index (χ4n) is 1.86. The van der Waals surface area contributed by atoms with E-state index in [1.54, 1.807) is 7.11 Å². The first-order valence-corrected chi connectivity index (χ1v) is 6.93. The first-order chi connectivity index (χ1) is 7.70. The Morgan fingerprint density at radius 2 is 1.75 bits per heavy atom. The second-order valence-corrected chi connectivity index (χ2v) is 5.11. The fraction of sp³-hybridized carbons (Fsp3) is 1.00. The molecule has 1 N–H and O–H groups in total. The minimum absolute atomic E-state index is 0.542. The second kappa shape index (κ2) is 11.4.